The van der Waals surface area contributed by atoms with E-state index in [0.717, 1.165) is 12.0 Å². The summed E-state index contributed by atoms with van der Waals surface area (Å²) in [6, 6.07) is 0. The Morgan fingerprint density at radius 3 is 2.58 bits per heavy atom. The molecule has 1 saturated heterocycles. The molecule has 0 aromatic rings. The molecular weight excluding hydrogens is 396 g/mol. The first-order chi connectivity index (χ1) is 14.7. The van der Waals surface area contributed by atoms with Crippen molar-refractivity contribution < 1.29 is 29.3 Å². The highest BCUT2D eigenvalue weighted by atomic mass is 16.6. The summed E-state index contributed by atoms with van der Waals surface area (Å²) in [6.45, 7) is 8.10. The molecule has 31 heavy (non-hydrogen) atoms. The molecule has 3 rings (SSSR count). The number of ether oxygens (including phenoxy) is 2. The van der Waals surface area contributed by atoms with Crippen LogP contribution in [-0.4, -0.2) is 46.6 Å². The number of fused-ring (bicyclic) bond motifs is 1. The Kier molecular flexibility index (Phi) is 7.63. The van der Waals surface area contributed by atoms with E-state index in [0.29, 0.717) is 32.1 Å². The van der Waals surface area contributed by atoms with Gasteiger partial charge in [0.2, 0.25) is 0 Å². The van der Waals surface area contributed by atoms with Gasteiger partial charge < -0.3 is 19.7 Å². The van der Waals surface area contributed by atoms with Gasteiger partial charge in [-0.15, -0.1) is 0 Å². The molecule has 0 bridgehead atoms. The number of allylic oxidation sites excluding steroid dienone is 2. The molecule has 6 heteroatoms. The van der Waals surface area contributed by atoms with E-state index in [1.807, 2.05) is 26.8 Å². The van der Waals surface area contributed by atoms with Crippen LogP contribution in [0.5, 0.6) is 0 Å². The molecule has 1 aliphatic heterocycles. The minimum absolute atomic E-state index is 0.00882. The number of carbonyl (C=O) groups is 2. The molecule has 0 saturated carbocycles. The highest BCUT2D eigenvalue weighted by molar-refractivity contribution is 5.76. The number of carbonyl (C=O) groups excluding carboxylic acids is 2. The molecule has 2 N–H and O–H groups in total. The first-order valence-electron chi connectivity index (χ1n) is 11.8. The molecule has 0 spiro atoms. The molecule has 0 radical (unpaired) electrons. The van der Waals surface area contributed by atoms with Gasteiger partial charge in [-0.25, -0.2) is 0 Å². The molecule has 2 aliphatic carbocycles. The van der Waals surface area contributed by atoms with Gasteiger partial charge in [-0.2, -0.15) is 0 Å². The maximum Gasteiger partial charge on any atom is 0.312 e. The third-order valence-electron chi connectivity index (χ3n) is 7.74. The Morgan fingerprint density at radius 1 is 1.23 bits per heavy atom. The first-order valence-corrected chi connectivity index (χ1v) is 11.8. The van der Waals surface area contributed by atoms with E-state index in [4.69, 9.17) is 9.47 Å². The molecule has 6 nitrogen and oxygen atoms in total. The normalized spacial score (nSPS) is 35.7. The summed E-state index contributed by atoms with van der Waals surface area (Å²) in [5.41, 5.74) is 0.500. The second-order valence-corrected chi connectivity index (χ2v) is 9.87. The third-order valence-corrected chi connectivity index (χ3v) is 7.74. The molecule has 0 aromatic heterocycles. The zero-order chi connectivity index (χ0) is 22.8. The lowest BCUT2D eigenvalue weighted by molar-refractivity contribution is -0.167. The topological polar surface area (TPSA) is 93.1 Å². The molecule has 0 aromatic carbocycles. The van der Waals surface area contributed by atoms with Crippen LogP contribution in [0, 0.1) is 23.2 Å². The molecule has 7 atom stereocenters. The maximum absolute atomic E-state index is 13.0. The molecular formula is C25H38O6. The largest absolute Gasteiger partial charge is 0.462 e. The molecule has 1 fully saturated rings. The Morgan fingerprint density at radius 2 is 1.94 bits per heavy atom. The number of aliphatic hydroxyl groups excluding tert-OH is 2. The van der Waals surface area contributed by atoms with Gasteiger partial charge in [0.25, 0.3) is 0 Å². The van der Waals surface area contributed by atoms with Crippen molar-refractivity contribution in [1.29, 1.82) is 0 Å². The molecule has 0 unspecified atom stereocenters. The average molecular weight is 435 g/mol. The van der Waals surface area contributed by atoms with Crippen molar-refractivity contribution >= 4 is 11.9 Å². The fourth-order valence-corrected chi connectivity index (χ4v) is 5.22. The summed E-state index contributed by atoms with van der Waals surface area (Å²) < 4.78 is 11.5. The van der Waals surface area contributed by atoms with Crippen LogP contribution in [0.1, 0.15) is 72.6 Å². The maximum atomic E-state index is 13.0. The second kappa shape index (κ2) is 9.86. The van der Waals surface area contributed by atoms with Gasteiger partial charge in [-0.1, -0.05) is 39.0 Å². The average Bonchev–Trinajstić information content (AvgIpc) is 2.71. The van der Waals surface area contributed by atoms with Crippen molar-refractivity contribution in [3.8, 4) is 0 Å². The van der Waals surface area contributed by atoms with E-state index in [1.54, 1.807) is 0 Å². The predicted octanol–water partition coefficient (Wildman–Crippen LogP) is 3.70. The minimum atomic E-state index is -0.635. The van der Waals surface area contributed by atoms with Gasteiger partial charge in [0.1, 0.15) is 12.2 Å². The Balaban J connectivity index is 1.77. The van der Waals surface area contributed by atoms with Crippen LogP contribution >= 0.6 is 0 Å². The van der Waals surface area contributed by atoms with Gasteiger partial charge in [0.15, 0.2) is 0 Å². The van der Waals surface area contributed by atoms with Crippen molar-refractivity contribution in [3.05, 3.63) is 23.8 Å². The van der Waals surface area contributed by atoms with Crippen LogP contribution in [0.2, 0.25) is 0 Å². The standard InChI is InChI=1S/C25H38O6/c1-5-25(4,6-2)24(29)31-21-13-17(26)11-16-8-7-15(3)20(23(16)21)10-9-19-12-18(27)14-22(28)30-19/h7-8,11,15,17-21,23,26-27H,5-6,9-10,12-14H2,1-4H3/t15-,17-,18-,19-,20+,21+,23+/m1/s1. The Hall–Kier alpha value is -1.66. The van der Waals surface area contributed by atoms with Crippen LogP contribution in [0.3, 0.4) is 0 Å². The SMILES string of the molecule is CCC(C)(CC)C(=O)O[C@H]1C[C@H](O)C=C2C=C[C@@H](C)[C@H](CC[C@@H]3C[C@@H](O)CC(=O)O3)[C@H]21. The molecule has 3 aliphatic rings. The van der Waals surface area contributed by atoms with Crippen molar-refractivity contribution in [3.63, 3.8) is 0 Å². The van der Waals surface area contributed by atoms with E-state index >= 15 is 0 Å². The highest BCUT2D eigenvalue weighted by Crippen LogP contribution is 2.45. The Labute approximate surface area is 185 Å². The third kappa shape index (κ3) is 5.40. The van der Waals surface area contributed by atoms with Gasteiger partial charge >= 0.3 is 11.9 Å². The summed E-state index contributed by atoms with van der Waals surface area (Å²) in [6.07, 6.45) is 7.98. The fraction of sp³-hybridized carbons (Fsp3) is 0.760. The lowest BCUT2D eigenvalue weighted by atomic mass is 9.66. The van der Waals surface area contributed by atoms with Crippen LogP contribution in [-0.2, 0) is 19.1 Å². The zero-order valence-electron chi connectivity index (χ0n) is 19.3. The van der Waals surface area contributed by atoms with Crippen LogP contribution < -0.4 is 0 Å². The number of esters is 2. The monoisotopic (exact) mass is 434 g/mol. The van der Waals surface area contributed by atoms with E-state index in [-0.39, 0.29) is 48.3 Å². The summed E-state index contributed by atoms with van der Waals surface area (Å²) in [5.74, 6) is -0.0527. The Bertz CT molecular complexity index is 722. The number of rotatable bonds is 7. The van der Waals surface area contributed by atoms with Gasteiger partial charge in [-0.05, 0) is 50.0 Å². The van der Waals surface area contributed by atoms with Gasteiger partial charge in [-0.3, -0.25) is 9.59 Å². The van der Waals surface area contributed by atoms with Crippen molar-refractivity contribution in [1.82, 2.24) is 0 Å². The smallest absolute Gasteiger partial charge is 0.312 e. The highest BCUT2D eigenvalue weighted by Gasteiger charge is 2.44. The number of hydrogen-bond donors (Lipinski definition) is 2. The lowest BCUT2D eigenvalue weighted by Crippen LogP contribution is -2.44. The molecule has 0 amide bonds. The lowest BCUT2D eigenvalue weighted by Gasteiger charge is -2.44. The summed E-state index contributed by atoms with van der Waals surface area (Å²) in [7, 11) is 0. The molecule has 174 valence electrons. The van der Waals surface area contributed by atoms with Crippen LogP contribution in [0.15, 0.2) is 23.8 Å². The van der Waals surface area contributed by atoms with Crippen molar-refractivity contribution in [2.24, 2.45) is 23.2 Å². The quantitative estimate of drug-likeness (QED) is 0.594. The zero-order valence-corrected chi connectivity index (χ0v) is 19.3. The number of aliphatic hydroxyl groups is 2. The van der Waals surface area contributed by atoms with E-state index in [2.05, 4.69) is 19.1 Å². The van der Waals surface area contributed by atoms with E-state index < -0.39 is 17.6 Å². The van der Waals surface area contributed by atoms with Gasteiger partial charge in [0, 0.05) is 18.8 Å². The van der Waals surface area contributed by atoms with Crippen LogP contribution in [0.4, 0.5) is 0 Å². The number of cyclic esters (lactones) is 1. The predicted molar refractivity (Wildman–Crippen MR) is 117 cm³/mol. The van der Waals surface area contributed by atoms with Gasteiger partial charge in [0.05, 0.1) is 24.0 Å². The second-order valence-electron chi connectivity index (χ2n) is 9.87. The van der Waals surface area contributed by atoms with Crippen molar-refractivity contribution in [2.45, 2.75) is 97.1 Å². The molecule has 1 heterocycles. The fourth-order valence-electron chi connectivity index (χ4n) is 5.22. The summed E-state index contributed by atoms with van der Waals surface area (Å²) in [5, 5.41) is 20.3. The van der Waals surface area contributed by atoms with E-state index in [1.165, 1.54) is 0 Å². The minimum Gasteiger partial charge on any atom is -0.462 e. The first kappa shape index (κ1) is 24.0. The summed E-state index contributed by atoms with van der Waals surface area (Å²) >= 11 is 0. The van der Waals surface area contributed by atoms with Crippen LogP contribution in [0.25, 0.3) is 0 Å². The van der Waals surface area contributed by atoms with Crippen molar-refractivity contribution in [2.75, 3.05) is 0 Å². The number of hydrogen-bond acceptors (Lipinski definition) is 6. The summed E-state index contributed by atoms with van der Waals surface area (Å²) in [4.78, 5) is 24.7. The van der Waals surface area contributed by atoms with E-state index in [9.17, 15) is 19.8 Å².